The van der Waals surface area contributed by atoms with Gasteiger partial charge >= 0.3 is 0 Å². The van der Waals surface area contributed by atoms with Crippen molar-refractivity contribution in [3.8, 4) is 5.69 Å². The van der Waals surface area contributed by atoms with Gasteiger partial charge < -0.3 is 9.88 Å². The van der Waals surface area contributed by atoms with Crippen molar-refractivity contribution >= 4 is 17.7 Å². The van der Waals surface area contributed by atoms with Crippen molar-refractivity contribution in [3.63, 3.8) is 0 Å². The zero-order valence-corrected chi connectivity index (χ0v) is 15.6. The molecule has 0 radical (unpaired) electrons. The summed E-state index contributed by atoms with van der Waals surface area (Å²) in [6, 6.07) is 13.9. The van der Waals surface area contributed by atoms with Crippen molar-refractivity contribution in [1.29, 1.82) is 0 Å². The highest BCUT2D eigenvalue weighted by molar-refractivity contribution is 5.92. The zero-order chi connectivity index (χ0) is 19.5. The van der Waals surface area contributed by atoms with Gasteiger partial charge in [0.25, 0.3) is 0 Å². The van der Waals surface area contributed by atoms with E-state index in [-0.39, 0.29) is 11.9 Å². The van der Waals surface area contributed by atoms with Gasteiger partial charge in [0.1, 0.15) is 0 Å². The lowest BCUT2D eigenvalue weighted by Crippen LogP contribution is -2.25. The predicted molar refractivity (Wildman–Crippen MR) is 109 cm³/mol. The first-order valence-corrected chi connectivity index (χ1v) is 9.23. The Morgan fingerprint density at radius 2 is 2.18 bits per heavy atom. The van der Waals surface area contributed by atoms with E-state index in [1.807, 2.05) is 42.0 Å². The maximum absolute atomic E-state index is 12.4. The number of hydrogen-bond donors (Lipinski definition) is 1. The number of rotatable bonds is 4. The molecule has 5 nitrogen and oxygen atoms in total. The van der Waals surface area contributed by atoms with Crippen LogP contribution in [-0.4, -0.2) is 15.5 Å². The molecule has 1 heterocycles. The van der Waals surface area contributed by atoms with Crippen LogP contribution < -0.4 is 5.32 Å². The first-order chi connectivity index (χ1) is 13.6. The highest BCUT2D eigenvalue weighted by atomic mass is 16.1. The molecule has 1 aliphatic rings. The largest absolute Gasteiger partial charge is 0.346 e. The van der Waals surface area contributed by atoms with Gasteiger partial charge in [-0.05, 0) is 48.6 Å². The molecule has 28 heavy (non-hydrogen) atoms. The minimum absolute atomic E-state index is 0.0685. The van der Waals surface area contributed by atoms with Crippen molar-refractivity contribution in [3.05, 3.63) is 94.9 Å². The number of nitrogens with zero attached hydrogens (tertiary/aromatic N) is 3. The summed E-state index contributed by atoms with van der Waals surface area (Å²) in [6.45, 7) is 9.37. The Labute approximate surface area is 164 Å². The second kappa shape index (κ2) is 7.53. The molecule has 3 aromatic rings. The molecule has 138 valence electrons. The SMILES string of the molecule is [C-]#[N+]c1cc(/C=C/C(=O)NC2CCc3ccccc32)ccc1-n1cnc(C)c1. The number of hydrogen-bond acceptors (Lipinski definition) is 2. The Balaban J connectivity index is 1.47. The normalized spacial score (nSPS) is 15.4. The molecule has 0 fully saturated rings. The molecular formula is C23H20N4O. The van der Waals surface area contributed by atoms with Crippen LogP contribution in [0.15, 0.2) is 61.1 Å². The summed E-state index contributed by atoms with van der Waals surface area (Å²) in [5.41, 5.74) is 5.52. The first kappa shape index (κ1) is 17.7. The summed E-state index contributed by atoms with van der Waals surface area (Å²) in [4.78, 5) is 20.2. The van der Waals surface area contributed by atoms with Crippen LogP contribution in [0.1, 0.15) is 34.8 Å². The number of carbonyl (C=O) groups is 1. The van der Waals surface area contributed by atoms with Crippen LogP contribution in [0.4, 0.5) is 5.69 Å². The lowest BCUT2D eigenvalue weighted by atomic mass is 10.1. The fourth-order valence-electron chi connectivity index (χ4n) is 3.60. The number of benzene rings is 2. The molecule has 0 saturated carbocycles. The fourth-order valence-corrected chi connectivity index (χ4v) is 3.60. The standard InChI is InChI=1S/C23H20N4O/c1-16-14-27(15-25-16)22-11-7-17(13-21(22)24-2)8-12-23(28)26-20-10-9-18-5-3-4-6-19(18)20/h3-8,11-15,20H,9-10H2,1H3,(H,26,28)/b12-8+. The van der Waals surface area contributed by atoms with E-state index in [4.69, 9.17) is 6.57 Å². The summed E-state index contributed by atoms with van der Waals surface area (Å²) < 4.78 is 1.83. The number of imidazole rings is 1. The molecule has 0 spiro atoms. The molecular weight excluding hydrogens is 348 g/mol. The van der Waals surface area contributed by atoms with Crippen molar-refractivity contribution in [2.45, 2.75) is 25.8 Å². The van der Waals surface area contributed by atoms with E-state index in [0.717, 1.165) is 29.8 Å². The van der Waals surface area contributed by atoms with Crippen LogP contribution in [0.5, 0.6) is 0 Å². The van der Waals surface area contributed by atoms with Crippen molar-refractivity contribution in [2.24, 2.45) is 0 Å². The topological polar surface area (TPSA) is 51.3 Å². The van der Waals surface area contributed by atoms with Crippen molar-refractivity contribution in [1.82, 2.24) is 14.9 Å². The summed E-state index contributed by atoms with van der Waals surface area (Å²) >= 11 is 0. The predicted octanol–water partition coefficient (Wildman–Crippen LogP) is 4.55. The van der Waals surface area contributed by atoms with Crippen LogP contribution >= 0.6 is 0 Å². The van der Waals surface area contributed by atoms with Gasteiger partial charge in [0.05, 0.1) is 30.3 Å². The molecule has 0 aliphatic heterocycles. The van der Waals surface area contributed by atoms with Crippen LogP contribution in [0.2, 0.25) is 0 Å². The molecule has 1 amide bonds. The van der Waals surface area contributed by atoms with E-state index in [9.17, 15) is 4.79 Å². The van der Waals surface area contributed by atoms with Gasteiger partial charge in [0, 0.05) is 12.3 Å². The highest BCUT2D eigenvalue weighted by Crippen LogP contribution is 2.30. The van der Waals surface area contributed by atoms with E-state index in [1.54, 1.807) is 18.5 Å². The highest BCUT2D eigenvalue weighted by Gasteiger charge is 2.22. The molecule has 4 rings (SSSR count). The second-order valence-corrected chi connectivity index (χ2v) is 6.91. The molecule has 1 aliphatic carbocycles. The number of aryl methyl sites for hydroxylation is 2. The van der Waals surface area contributed by atoms with Crippen LogP contribution in [0, 0.1) is 13.5 Å². The number of aromatic nitrogens is 2. The van der Waals surface area contributed by atoms with E-state index < -0.39 is 0 Å². The molecule has 1 N–H and O–H groups in total. The van der Waals surface area contributed by atoms with E-state index in [2.05, 4.69) is 27.3 Å². The van der Waals surface area contributed by atoms with Gasteiger partial charge in [0.15, 0.2) is 0 Å². The number of fused-ring (bicyclic) bond motifs is 1. The average molecular weight is 368 g/mol. The van der Waals surface area contributed by atoms with Crippen molar-refractivity contribution < 1.29 is 4.79 Å². The van der Waals surface area contributed by atoms with E-state index in [0.29, 0.717) is 5.69 Å². The third-order valence-electron chi connectivity index (χ3n) is 4.99. The Morgan fingerprint density at radius 3 is 2.96 bits per heavy atom. The maximum atomic E-state index is 12.4. The number of nitrogens with one attached hydrogen (secondary N) is 1. The molecule has 1 unspecified atom stereocenters. The summed E-state index contributed by atoms with van der Waals surface area (Å²) in [5.74, 6) is -0.125. The van der Waals surface area contributed by atoms with Crippen LogP contribution in [0.25, 0.3) is 16.6 Å². The summed E-state index contributed by atoms with van der Waals surface area (Å²) in [5, 5.41) is 3.08. The second-order valence-electron chi connectivity index (χ2n) is 6.91. The Bertz CT molecular complexity index is 1100. The minimum atomic E-state index is -0.125. The molecule has 0 bridgehead atoms. The summed E-state index contributed by atoms with van der Waals surface area (Å²) in [7, 11) is 0. The molecule has 5 heteroatoms. The van der Waals surface area contributed by atoms with Gasteiger partial charge in [0.2, 0.25) is 11.6 Å². The van der Waals surface area contributed by atoms with Crippen LogP contribution in [-0.2, 0) is 11.2 Å². The Kier molecular flexibility index (Phi) is 4.77. The lowest BCUT2D eigenvalue weighted by Gasteiger charge is -2.12. The molecule has 1 atom stereocenters. The minimum Gasteiger partial charge on any atom is -0.346 e. The van der Waals surface area contributed by atoms with Gasteiger partial charge in [-0.25, -0.2) is 9.83 Å². The quantitative estimate of drug-likeness (QED) is 0.543. The maximum Gasteiger partial charge on any atom is 0.244 e. The third-order valence-corrected chi connectivity index (χ3v) is 4.99. The smallest absolute Gasteiger partial charge is 0.244 e. The van der Waals surface area contributed by atoms with Gasteiger partial charge in [-0.15, -0.1) is 0 Å². The molecule has 2 aromatic carbocycles. The van der Waals surface area contributed by atoms with E-state index >= 15 is 0 Å². The zero-order valence-electron chi connectivity index (χ0n) is 15.6. The first-order valence-electron chi connectivity index (χ1n) is 9.23. The van der Waals surface area contributed by atoms with Crippen molar-refractivity contribution in [2.75, 3.05) is 0 Å². The van der Waals surface area contributed by atoms with Gasteiger partial charge in [-0.2, -0.15) is 0 Å². The monoisotopic (exact) mass is 368 g/mol. The fraction of sp³-hybridized carbons (Fsp3) is 0.174. The number of amides is 1. The average Bonchev–Trinajstić information content (AvgIpc) is 3.33. The Morgan fingerprint density at radius 1 is 1.32 bits per heavy atom. The van der Waals surface area contributed by atoms with E-state index in [1.165, 1.54) is 17.2 Å². The molecule has 0 saturated heterocycles. The van der Waals surface area contributed by atoms with Gasteiger partial charge in [-0.1, -0.05) is 36.4 Å². The number of carbonyl (C=O) groups excluding carboxylic acids is 1. The molecule has 1 aromatic heterocycles. The summed E-state index contributed by atoms with van der Waals surface area (Å²) in [6.07, 6.45) is 8.78. The Hall–Kier alpha value is -3.65. The van der Waals surface area contributed by atoms with Crippen LogP contribution in [0.3, 0.4) is 0 Å². The third kappa shape index (κ3) is 3.58. The lowest BCUT2D eigenvalue weighted by molar-refractivity contribution is -0.117. The van der Waals surface area contributed by atoms with Gasteiger partial charge in [-0.3, -0.25) is 4.79 Å².